The summed E-state index contributed by atoms with van der Waals surface area (Å²) in [4.78, 5) is 11.2. The van der Waals surface area contributed by atoms with E-state index in [0.29, 0.717) is 5.69 Å². The van der Waals surface area contributed by atoms with Gasteiger partial charge in [0.25, 0.3) is 0 Å². The van der Waals surface area contributed by atoms with Gasteiger partial charge < -0.3 is 10.8 Å². The van der Waals surface area contributed by atoms with Crippen molar-refractivity contribution >= 4 is 11.7 Å². The molecule has 2 aromatic carbocycles. The van der Waals surface area contributed by atoms with Gasteiger partial charge in [-0.25, -0.2) is 4.79 Å². The molecule has 0 heterocycles. The third kappa shape index (κ3) is 3.35. The molecule has 0 aliphatic heterocycles. The minimum absolute atomic E-state index is 0.246. The summed E-state index contributed by atoms with van der Waals surface area (Å²) in [5.74, 6) is -0.951. The lowest BCUT2D eigenvalue weighted by Crippen LogP contribution is -2.07. The lowest BCUT2D eigenvalue weighted by Gasteiger charge is -2.08. The number of hydrogen-bond acceptors (Lipinski definition) is 2. The van der Waals surface area contributed by atoms with Gasteiger partial charge in [0.05, 0.1) is 5.56 Å². The van der Waals surface area contributed by atoms with Crippen molar-refractivity contribution in [1.82, 2.24) is 0 Å². The lowest BCUT2D eigenvalue weighted by molar-refractivity contribution is 0.0697. The SMILES string of the molecule is Nc1cccc(CCCc2ccccc2)c1C(=O)O. The van der Waals surface area contributed by atoms with Gasteiger partial charge in [0.15, 0.2) is 0 Å². The first-order chi connectivity index (χ1) is 9.18. The fourth-order valence-electron chi connectivity index (χ4n) is 2.22. The Balaban J connectivity index is 2.04. The Kier molecular flexibility index (Phi) is 4.18. The van der Waals surface area contributed by atoms with Gasteiger partial charge >= 0.3 is 5.97 Å². The largest absolute Gasteiger partial charge is 0.478 e. The summed E-state index contributed by atoms with van der Waals surface area (Å²) in [6, 6.07) is 15.4. The Morgan fingerprint density at radius 2 is 1.74 bits per heavy atom. The van der Waals surface area contributed by atoms with Crippen LogP contribution in [-0.2, 0) is 12.8 Å². The van der Waals surface area contributed by atoms with Gasteiger partial charge in [-0.2, -0.15) is 0 Å². The van der Waals surface area contributed by atoms with Crippen molar-refractivity contribution in [3.8, 4) is 0 Å². The smallest absolute Gasteiger partial charge is 0.338 e. The summed E-state index contributed by atoms with van der Waals surface area (Å²) < 4.78 is 0. The molecule has 0 amide bonds. The van der Waals surface area contributed by atoms with Crippen LogP contribution in [0, 0.1) is 0 Å². The summed E-state index contributed by atoms with van der Waals surface area (Å²) in [5.41, 5.74) is 8.38. The second kappa shape index (κ2) is 6.05. The van der Waals surface area contributed by atoms with Gasteiger partial charge in [-0.1, -0.05) is 42.5 Å². The summed E-state index contributed by atoms with van der Waals surface area (Å²) in [6.45, 7) is 0. The number of aryl methyl sites for hydroxylation is 2. The zero-order valence-corrected chi connectivity index (χ0v) is 10.7. The molecule has 0 fully saturated rings. The first-order valence-corrected chi connectivity index (χ1v) is 6.33. The van der Waals surface area contributed by atoms with E-state index in [-0.39, 0.29) is 5.56 Å². The molecule has 0 spiro atoms. The zero-order valence-electron chi connectivity index (χ0n) is 10.7. The van der Waals surface area contributed by atoms with Crippen LogP contribution in [0.2, 0.25) is 0 Å². The number of nitrogens with two attached hydrogens (primary N) is 1. The Bertz CT molecular complexity index is 564. The molecule has 0 aliphatic carbocycles. The maximum absolute atomic E-state index is 11.2. The fourth-order valence-corrected chi connectivity index (χ4v) is 2.22. The lowest BCUT2D eigenvalue weighted by atomic mass is 9.99. The molecular formula is C16H17NO2. The van der Waals surface area contributed by atoms with Crippen molar-refractivity contribution < 1.29 is 9.90 Å². The summed E-state index contributed by atoms with van der Waals surface area (Å²) in [7, 11) is 0. The quantitative estimate of drug-likeness (QED) is 0.807. The first-order valence-electron chi connectivity index (χ1n) is 6.33. The number of anilines is 1. The highest BCUT2D eigenvalue weighted by Gasteiger charge is 2.12. The maximum Gasteiger partial charge on any atom is 0.338 e. The van der Waals surface area contributed by atoms with Crippen LogP contribution < -0.4 is 5.73 Å². The van der Waals surface area contributed by atoms with Gasteiger partial charge in [0, 0.05) is 5.69 Å². The number of rotatable bonds is 5. The second-order valence-corrected chi connectivity index (χ2v) is 4.53. The summed E-state index contributed by atoms with van der Waals surface area (Å²) >= 11 is 0. The Labute approximate surface area is 112 Å². The highest BCUT2D eigenvalue weighted by molar-refractivity contribution is 5.95. The zero-order chi connectivity index (χ0) is 13.7. The molecule has 2 aromatic rings. The van der Waals surface area contributed by atoms with Crippen LogP contribution in [0.5, 0.6) is 0 Å². The highest BCUT2D eigenvalue weighted by Crippen LogP contribution is 2.19. The molecule has 98 valence electrons. The molecule has 2 rings (SSSR count). The van der Waals surface area contributed by atoms with Gasteiger partial charge in [-0.15, -0.1) is 0 Å². The molecule has 3 N–H and O–H groups in total. The van der Waals surface area contributed by atoms with E-state index in [4.69, 9.17) is 5.73 Å². The standard InChI is InChI=1S/C16H17NO2/c17-14-11-5-10-13(15(14)16(18)19)9-4-8-12-6-2-1-3-7-12/h1-3,5-7,10-11H,4,8-9,17H2,(H,18,19). The van der Waals surface area contributed by atoms with Crippen LogP contribution in [-0.4, -0.2) is 11.1 Å². The molecule has 0 radical (unpaired) electrons. The average molecular weight is 255 g/mol. The van der Waals surface area contributed by atoms with Crippen molar-refractivity contribution in [2.24, 2.45) is 0 Å². The molecule has 0 bridgehead atoms. The van der Waals surface area contributed by atoms with E-state index in [1.807, 2.05) is 24.3 Å². The van der Waals surface area contributed by atoms with Crippen molar-refractivity contribution in [3.05, 3.63) is 65.2 Å². The third-order valence-electron chi connectivity index (χ3n) is 3.15. The Morgan fingerprint density at radius 3 is 2.42 bits per heavy atom. The summed E-state index contributed by atoms with van der Waals surface area (Å²) in [5, 5.41) is 9.18. The molecule has 0 saturated heterocycles. The van der Waals surface area contributed by atoms with Crippen LogP contribution in [0.15, 0.2) is 48.5 Å². The van der Waals surface area contributed by atoms with Crippen molar-refractivity contribution in [2.45, 2.75) is 19.3 Å². The molecule has 19 heavy (non-hydrogen) atoms. The topological polar surface area (TPSA) is 63.3 Å². The molecule has 3 heteroatoms. The van der Waals surface area contributed by atoms with E-state index >= 15 is 0 Å². The average Bonchev–Trinajstić information content (AvgIpc) is 2.39. The van der Waals surface area contributed by atoms with Gasteiger partial charge in [0.2, 0.25) is 0 Å². The van der Waals surface area contributed by atoms with Crippen LogP contribution >= 0.6 is 0 Å². The third-order valence-corrected chi connectivity index (χ3v) is 3.15. The van der Waals surface area contributed by atoms with E-state index in [0.717, 1.165) is 24.8 Å². The van der Waals surface area contributed by atoms with Crippen molar-refractivity contribution in [2.75, 3.05) is 5.73 Å². The number of carboxylic acids is 1. The van der Waals surface area contributed by atoms with E-state index in [1.165, 1.54) is 5.56 Å². The molecular weight excluding hydrogens is 238 g/mol. The predicted octanol–water partition coefficient (Wildman–Crippen LogP) is 3.14. The second-order valence-electron chi connectivity index (χ2n) is 4.53. The number of benzene rings is 2. The Morgan fingerprint density at radius 1 is 1.00 bits per heavy atom. The number of carboxylic acid groups (broad SMARTS) is 1. The predicted molar refractivity (Wildman–Crippen MR) is 76.3 cm³/mol. The van der Waals surface area contributed by atoms with Crippen molar-refractivity contribution in [3.63, 3.8) is 0 Å². The molecule has 0 aliphatic rings. The van der Waals surface area contributed by atoms with E-state index < -0.39 is 5.97 Å². The number of hydrogen-bond donors (Lipinski definition) is 2. The Hall–Kier alpha value is -2.29. The van der Waals surface area contributed by atoms with Crippen LogP contribution in [0.4, 0.5) is 5.69 Å². The van der Waals surface area contributed by atoms with Crippen molar-refractivity contribution in [1.29, 1.82) is 0 Å². The van der Waals surface area contributed by atoms with Crippen LogP contribution in [0.25, 0.3) is 0 Å². The molecule has 0 atom stereocenters. The minimum Gasteiger partial charge on any atom is -0.478 e. The molecule has 3 nitrogen and oxygen atoms in total. The fraction of sp³-hybridized carbons (Fsp3) is 0.188. The number of nitrogen functional groups attached to an aromatic ring is 1. The number of carbonyl (C=O) groups is 1. The van der Waals surface area contributed by atoms with E-state index in [2.05, 4.69) is 12.1 Å². The monoisotopic (exact) mass is 255 g/mol. The minimum atomic E-state index is -0.951. The molecule has 0 saturated carbocycles. The highest BCUT2D eigenvalue weighted by atomic mass is 16.4. The van der Waals surface area contributed by atoms with Gasteiger partial charge in [-0.05, 0) is 36.5 Å². The normalized spacial score (nSPS) is 10.3. The molecule has 0 unspecified atom stereocenters. The number of aromatic carboxylic acids is 1. The van der Waals surface area contributed by atoms with E-state index in [1.54, 1.807) is 12.1 Å². The first kappa shape index (κ1) is 13.1. The van der Waals surface area contributed by atoms with Gasteiger partial charge in [-0.3, -0.25) is 0 Å². The van der Waals surface area contributed by atoms with Crippen LogP contribution in [0.3, 0.4) is 0 Å². The molecule has 0 aromatic heterocycles. The van der Waals surface area contributed by atoms with Gasteiger partial charge in [0.1, 0.15) is 0 Å². The maximum atomic E-state index is 11.2. The van der Waals surface area contributed by atoms with E-state index in [9.17, 15) is 9.90 Å². The summed E-state index contributed by atoms with van der Waals surface area (Å²) in [6.07, 6.45) is 2.57. The van der Waals surface area contributed by atoms with Crippen LogP contribution in [0.1, 0.15) is 27.9 Å².